The van der Waals surface area contributed by atoms with Gasteiger partial charge in [0, 0.05) is 25.0 Å². The molecule has 2 heterocycles. The molecule has 0 saturated carbocycles. The number of amides is 2. The van der Waals surface area contributed by atoms with E-state index < -0.39 is 5.41 Å². The van der Waals surface area contributed by atoms with Crippen LogP contribution in [0.15, 0.2) is 17.5 Å². The van der Waals surface area contributed by atoms with E-state index in [1.807, 2.05) is 36.3 Å². The predicted molar refractivity (Wildman–Crippen MR) is 85.9 cm³/mol. The number of hydrogen-bond donors (Lipinski definition) is 1. The number of likely N-dealkylation sites (tertiary alicyclic amines) is 1. The fourth-order valence-electron chi connectivity index (χ4n) is 2.38. The van der Waals surface area contributed by atoms with Crippen LogP contribution in [-0.4, -0.2) is 41.7 Å². The Labute approximate surface area is 134 Å². The van der Waals surface area contributed by atoms with Crippen LogP contribution in [0.3, 0.4) is 0 Å². The Bertz CT molecular complexity index is 494. The summed E-state index contributed by atoms with van der Waals surface area (Å²) >= 11 is 7.30. The number of thiophene rings is 1. The highest BCUT2D eigenvalue weighted by molar-refractivity contribution is 7.12. The zero-order valence-corrected chi connectivity index (χ0v) is 14.0. The van der Waals surface area contributed by atoms with Crippen molar-refractivity contribution in [2.24, 2.45) is 5.41 Å². The molecule has 0 aliphatic carbocycles. The normalized spacial score (nSPS) is 16.8. The number of nitrogens with one attached hydrogen (secondary N) is 1. The first-order valence-electron chi connectivity index (χ1n) is 7.14. The summed E-state index contributed by atoms with van der Waals surface area (Å²) < 4.78 is 0. The van der Waals surface area contributed by atoms with E-state index in [9.17, 15) is 9.59 Å². The molecule has 0 unspecified atom stereocenters. The number of halogens is 1. The Morgan fingerprint density at radius 3 is 2.62 bits per heavy atom. The molecule has 1 saturated heterocycles. The monoisotopic (exact) mass is 328 g/mol. The summed E-state index contributed by atoms with van der Waals surface area (Å²) in [5.41, 5.74) is -0.519. The summed E-state index contributed by atoms with van der Waals surface area (Å²) in [7, 11) is 0. The standard InChI is InChI=1S/C15H21ClN2O2S/c1-15(2,10-16)14(20)18-7-5-11(6-8-18)17-13(19)12-4-3-9-21-12/h3-4,9,11H,5-8,10H2,1-2H3,(H,17,19). The molecule has 2 amide bonds. The average Bonchev–Trinajstić information content (AvgIpc) is 3.01. The minimum Gasteiger partial charge on any atom is -0.348 e. The van der Waals surface area contributed by atoms with Gasteiger partial charge in [-0.1, -0.05) is 6.07 Å². The third kappa shape index (κ3) is 3.98. The maximum atomic E-state index is 12.3. The SMILES string of the molecule is CC(C)(CCl)C(=O)N1CCC(NC(=O)c2cccs2)CC1. The maximum absolute atomic E-state index is 12.3. The van der Waals surface area contributed by atoms with Gasteiger partial charge >= 0.3 is 0 Å². The maximum Gasteiger partial charge on any atom is 0.261 e. The smallest absolute Gasteiger partial charge is 0.261 e. The highest BCUT2D eigenvalue weighted by Crippen LogP contribution is 2.23. The molecule has 6 heteroatoms. The number of hydrogen-bond acceptors (Lipinski definition) is 3. The molecule has 2 rings (SSSR count). The van der Waals surface area contributed by atoms with Gasteiger partial charge in [0.25, 0.3) is 5.91 Å². The van der Waals surface area contributed by atoms with Gasteiger partial charge in [0.1, 0.15) is 0 Å². The number of carbonyl (C=O) groups excluding carboxylic acids is 2. The molecule has 0 atom stereocenters. The molecule has 1 N–H and O–H groups in total. The van der Waals surface area contributed by atoms with E-state index in [2.05, 4.69) is 5.32 Å². The van der Waals surface area contributed by atoms with Crippen LogP contribution in [0.2, 0.25) is 0 Å². The number of carbonyl (C=O) groups is 2. The van der Waals surface area contributed by atoms with Gasteiger partial charge in [-0.15, -0.1) is 22.9 Å². The molecule has 1 fully saturated rings. The lowest BCUT2D eigenvalue weighted by Crippen LogP contribution is -2.50. The van der Waals surface area contributed by atoms with E-state index in [4.69, 9.17) is 11.6 Å². The van der Waals surface area contributed by atoms with Crippen LogP contribution in [0.4, 0.5) is 0 Å². The lowest BCUT2D eigenvalue weighted by atomic mass is 9.92. The van der Waals surface area contributed by atoms with Gasteiger partial charge in [-0.25, -0.2) is 0 Å². The third-order valence-corrected chi connectivity index (χ3v) is 5.31. The van der Waals surface area contributed by atoms with Crippen LogP contribution >= 0.6 is 22.9 Å². The molecule has 21 heavy (non-hydrogen) atoms. The Balaban J connectivity index is 1.83. The van der Waals surface area contributed by atoms with Crippen molar-refractivity contribution in [3.63, 3.8) is 0 Å². The van der Waals surface area contributed by atoms with E-state index in [1.54, 1.807) is 0 Å². The van der Waals surface area contributed by atoms with Crippen molar-refractivity contribution in [2.45, 2.75) is 32.7 Å². The highest BCUT2D eigenvalue weighted by Gasteiger charge is 2.33. The van der Waals surface area contributed by atoms with Gasteiger partial charge < -0.3 is 10.2 Å². The fourth-order valence-corrected chi connectivity index (χ4v) is 3.12. The molecule has 4 nitrogen and oxygen atoms in total. The first kappa shape index (κ1) is 16.3. The lowest BCUT2D eigenvalue weighted by molar-refractivity contribution is -0.140. The van der Waals surface area contributed by atoms with Crippen molar-refractivity contribution in [3.8, 4) is 0 Å². The summed E-state index contributed by atoms with van der Waals surface area (Å²) in [6.07, 6.45) is 1.59. The van der Waals surface area contributed by atoms with Crippen molar-refractivity contribution < 1.29 is 9.59 Å². The van der Waals surface area contributed by atoms with E-state index in [0.717, 1.165) is 17.7 Å². The van der Waals surface area contributed by atoms with Crippen LogP contribution in [0.25, 0.3) is 0 Å². The molecule has 0 bridgehead atoms. The van der Waals surface area contributed by atoms with Crippen LogP contribution in [0.5, 0.6) is 0 Å². The zero-order chi connectivity index (χ0) is 15.5. The van der Waals surface area contributed by atoms with Crippen LogP contribution in [-0.2, 0) is 4.79 Å². The van der Waals surface area contributed by atoms with E-state index in [-0.39, 0.29) is 17.9 Å². The summed E-state index contributed by atoms with van der Waals surface area (Å²) in [6.45, 7) is 5.09. The largest absolute Gasteiger partial charge is 0.348 e. The second kappa shape index (κ2) is 6.79. The Morgan fingerprint density at radius 2 is 2.10 bits per heavy atom. The predicted octanol–water partition coefficient (Wildman–Crippen LogP) is 2.73. The van der Waals surface area contributed by atoms with Crippen molar-refractivity contribution in [3.05, 3.63) is 22.4 Å². The lowest BCUT2D eigenvalue weighted by Gasteiger charge is -2.36. The number of alkyl halides is 1. The molecule has 1 aromatic rings. The number of nitrogens with zero attached hydrogens (tertiary/aromatic N) is 1. The van der Waals surface area contributed by atoms with Gasteiger partial charge in [-0.05, 0) is 38.1 Å². The second-order valence-corrected chi connectivity index (χ2v) is 7.25. The first-order valence-corrected chi connectivity index (χ1v) is 8.55. The average molecular weight is 329 g/mol. The topological polar surface area (TPSA) is 49.4 Å². The van der Waals surface area contributed by atoms with Crippen molar-refractivity contribution in [1.29, 1.82) is 0 Å². The van der Waals surface area contributed by atoms with Crippen molar-refractivity contribution in [1.82, 2.24) is 10.2 Å². The van der Waals surface area contributed by atoms with Crippen LogP contribution in [0.1, 0.15) is 36.4 Å². The van der Waals surface area contributed by atoms with Gasteiger partial charge in [-0.3, -0.25) is 9.59 Å². The Kier molecular flexibility index (Phi) is 5.27. The summed E-state index contributed by atoms with van der Waals surface area (Å²) in [4.78, 5) is 26.9. The van der Waals surface area contributed by atoms with Gasteiger partial charge in [-0.2, -0.15) is 0 Å². The quantitative estimate of drug-likeness (QED) is 0.864. The second-order valence-electron chi connectivity index (χ2n) is 6.03. The highest BCUT2D eigenvalue weighted by atomic mass is 35.5. The van der Waals surface area contributed by atoms with Gasteiger partial charge in [0.05, 0.1) is 10.3 Å². The van der Waals surface area contributed by atoms with Gasteiger partial charge in [0.2, 0.25) is 5.91 Å². The van der Waals surface area contributed by atoms with Crippen LogP contribution in [0, 0.1) is 5.41 Å². The third-order valence-electron chi connectivity index (χ3n) is 3.78. The van der Waals surface area contributed by atoms with E-state index in [0.29, 0.717) is 19.0 Å². The van der Waals surface area contributed by atoms with Gasteiger partial charge in [0.15, 0.2) is 0 Å². The van der Waals surface area contributed by atoms with Crippen molar-refractivity contribution >= 4 is 34.8 Å². The molecular weight excluding hydrogens is 308 g/mol. The molecule has 1 aliphatic rings. The first-order chi connectivity index (χ1) is 9.94. The molecule has 116 valence electrons. The fraction of sp³-hybridized carbons (Fsp3) is 0.600. The van der Waals surface area contributed by atoms with E-state index >= 15 is 0 Å². The minimum atomic E-state index is -0.519. The molecular formula is C15H21ClN2O2S. The Hall–Kier alpha value is -1.07. The van der Waals surface area contributed by atoms with Crippen LogP contribution < -0.4 is 5.32 Å². The number of piperidine rings is 1. The summed E-state index contributed by atoms with van der Waals surface area (Å²) in [6, 6.07) is 3.83. The molecule has 1 aromatic heterocycles. The molecule has 0 aromatic carbocycles. The summed E-state index contributed by atoms with van der Waals surface area (Å²) in [5, 5.41) is 4.93. The Morgan fingerprint density at radius 1 is 1.43 bits per heavy atom. The van der Waals surface area contributed by atoms with E-state index in [1.165, 1.54) is 11.3 Å². The summed E-state index contributed by atoms with van der Waals surface area (Å²) in [5.74, 6) is 0.400. The zero-order valence-electron chi connectivity index (χ0n) is 12.4. The minimum absolute atomic E-state index is 0.0177. The molecule has 1 aliphatic heterocycles. The van der Waals surface area contributed by atoms with Crippen molar-refractivity contribution in [2.75, 3.05) is 19.0 Å². The molecule has 0 radical (unpaired) electrons. The molecule has 0 spiro atoms. The number of rotatable bonds is 4.